The van der Waals surface area contributed by atoms with Crippen molar-refractivity contribution in [1.29, 1.82) is 0 Å². The molecule has 37 heavy (non-hydrogen) atoms. The van der Waals surface area contributed by atoms with E-state index in [2.05, 4.69) is 5.32 Å². The summed E-state index contributed by atoms with van der Waals surface area (Å²) in [4.78, 5) is 28.1. The second-order valence-electron chi connectivity index (χ2n) is 9.03. The van der Waals surface area contributed by atoms with Gasteiger partial charge in [0.1, 0.15) is 11.8 Å². The third kappa shape index (κ3) is 9.23. The van der Waals surface area contributed by atoms with E-state index < -0.39 is 16.1 Å². The molecule has 1 N–H and O–H groups in total. The van der Waals surface area contributed by atoms with Crippen molar-refractivity contribution in [3.63, 3.8) is 0 Å². The Morgan fingerprint density at radius 1 is 1.08 bits per heavy atom. The molecule has 0 aromatic heterocycles. The van der Waals surface area contributed by atoms with Gasteiger partial charge in [-0.2, -0.15) is 0 Å². The summed E-state index contributed by atoms with van der Waals surface area (Å²) in [7, 11) is -2.08. The average Bonchev–Trinajstić information content (AvgIpc) is 2.86. The lowest BCUT2D eigenvalue weighted by molar-refractivity contribution is -0.141. The summed E-state index contributed by atoms with van der Waals surface area (Å²) < 4.78 is 31.5. The zero-order valence-electron chi connectivity index (χ0n) is 22.2. The van der Waals surface area contributed by atoms with Crippen LogP contribution in [0.5, 0.6) is 5.75 Å². The molecular formula is C27H38ClN3O5S. The highest BCUT2D eigenvalue weighted by atomic mass is 35.5. The quantitative estimate of drug-likeness (QED) is 0.370. The SMILES string of the molecule is CC[C@H](C)NC(=O)[C@H](CC)N(Cc1ccc(Cl)cc1)C(=O)CCCN(c1cccc(OC)c1)S(C)(=O)=O. The summed E-state index contributed by atoms with van der Waals surface area (Å²) in [6.07, 6.45) is 2.72. The molecule has 2 atom stereocenters. The highest BCUT2D eigenvalue weighted by Crippen LogP contribution is 2.24. The van der Waals surface area contributed by atoms with Gasteiger partial charge in [-0.05, 0) is 56.0 Å². The number of methoxy groups -OCH3 is 1. The minimum absolute atomic E-state index is 0.0137. The Labute approximate surface area is 226 Å². The van der Waals surface area contributed by atoms with Crippen LogP contribution in [0, 0.1) is 0 Å². The van der Waals surface area contributed by atoms with Gasteiger partial charge in [-0.25, -0.2) is 8.42 Å². The van der Waals surface area contributed by atoms with Gasteiger partial charge in [0.2, 0.25) is 21.8 Å². The molecule has 0 heterocycles. The van der Waals surface area contributed by atoms with Crippen molar-refractivity contribution in [1.82, 2.24) is 10.2 Å². The monoisotopic (exact) mass is 551 g/mol. The molecule has 0 aliphatic rings. The smallest absolute Gasteiger partial charge is 0.243 e. The molecule has 0 aliphatic heterocycles. The van der Waals surface area contributed by atoms with Crippen molar-refractivity contribution in [2.45, 2.75) is 65.1 Å². The Morgan fingerprint density at radius 2 is 1.76 bits per heavy atom. The molecule has 2 rings (SSSR count). The predicted molar refractivity (Wildman–Crippen MR) is 148 cm³/mol. The molecule has 0 aliphatic carbocycles. The number of hydrogen-bond donors (Lipinski definition) is 1. The van der Waals surface area contributed by atoms with Gasteiger partial charge in [-0.1, -0.05) is 43.6 Å². The number of anilines is 1. The van der Waals surface area contributed by atoms with Crippen LogP contribution in [-0.4, -0.2) is 57.1 Å². The number of nitrogens with zero attached hydrogens (tertiary/aromatic N) is 2. The maximum Gasteiger partial charge on any atom is 0.243 e. The van der Waals surface area contributed by atoms with Gasteiger partial charge in [0, 0.05) is 36.6 Å². The van der Waals surface area contributed by atoms with Crippen LogP contribution in [0.2, 0.25) is 5.02 Å². The van der Waals surface area contributed by atoms with Crippen LogP contribution in [0.25, 0.3) is 0 Å². The van der Waals surface area contributed by atoms with E-state index in [1.165, 1.54) is 11.4 Å². The minimum Gasteiger partial charge on any atom is -0.497 e. The first-order chi connectivity index (χ1) is 17.5. The molecule has 0 radical (unpaired) electrons. The maximum absolute atomic E-state index is 13.5. The first-order valence-corrected chi connectivity index (χ1v) is 14.7. The number of amides is 2. The van der Waals surface area contributed by atoms with Crippen molar-refractivity contribution < 1.29 is 22.7 Å². The molecule has 10 heteroatoms. The molecule has 0 fully saturated rings. The molecule has 0 unspecified atom stereocenters. The molecular weight excluding hydrogens is 514 g/mol. The lowest BCUT2D eigenvalue weighted by atomic mass is 10.1. The Bertz CT molecular complexity index is 1140. The summed E-state index contributed by atoms with van der Waals surface area (Å²) in [5.41, 5.74) is 1.31. The van der Waals surface area contributed by atoms with E-state index in [-0.39, 0.29) is 43.8 Å². The van der Waals surface area contributed by atoms with Gasteiger partial charge < -0.3 is 15.0 Å². The van der Waals surface area contributed by atoms with E-state index in [9.17, 15) is 18.0 Å². The topological polar surface area (TPSA) is 96.0 Å². The van der Waals surface area contributed by atoms with Crippen LogP contribution in [0.15, 0.2) is 48.5 Å². The summed E-state index contributed by atoms with van der Waals surface area (Å²) in [6, 6.07) is 13.3. The minimum atomic E-state index is -3.59. The number of carbonyl (C=O) groups excluding carboxylic acids is 2. The van der Waals surface area contributed by atoms with Crippen molar-refractivity contribution in [2.75, 3.05) is 24.2 Å². The average molecular weight is 552 g/mol. The Balaban J connectivity index is 2.22. The van der Waals surface area contributed by atoms with Gasteiger partial charge in [0.15, 0.2) is 0 Å². The van der Waals surface area contributed by atoms with Gasteiger partial charge in [-0.15, -0.1) is 0 Å². The molecule has 2 aromatic carbocycles. The van der Waals surface area contributed by atoms with Crippen molar-refractivity contribution >= 4 is 39.1 Å². The Kier molecular flexibility index (Phi) is 11.7. The molecule has 8 nitrogen and oxygen atoms in total. The third-order valence-electron chi connectivity index (χ3n) is 6.15. The van der Waals surface area contributed by atoms with Crippen LogP contribution in [-0.2, 0) is 26.2 Å². The van der Waals surface area contributed by atoms with Gasteiger partial charge in [-0.3, -0.25) is 13.9 Å². The Hall–Kier alpha value is -2.78. The van der Waals surface area contributed by atoms with Crippen LogP contribution >= 0.6 is 11.6 Å². The second kappa shape index (κ2) is 14.2. The van der Waals surface area contributed by atoms with Gasteiger partial charge in [0.05, 0.1) is 19.1 Å². The van der Waals surface area contributed by atoms with Gasteiger partial charge in [0.25, 0.3) is 0 Å². The van der Waals surface area contributed by atoms with E-state index in [1.807, 2.05) is 32.9 Å². The number of hydrogen-bond acceptors (Lipinski definition) is 5. The molecule has 2 aromatic rings. The van der Waals surface area contributed by atoms with Crippen LogP contribution in [0.1, 0.15) is 52.0 Å². The summed E-state index contributed by atoms with van der Waals surface area (Å²) in [5.74, 6) is 0.114. The highest BCUT2D eigenvalue weighted by Gasteiger charge is 2.29. The lowest BCUT2D eigenvalue weighted by Gasteiger charge is -2.32. The number of rotatable bonds is 14. The molecule has 0 spiro atoms. The standard InChI is InChI=1S/C27H38ClN3O5S/c1-6-20(3)29-27(33)25(7-2)30(19-21-13-15-22(28)16-14-21)26(32)12-9-17-31(37(5,34)35)23-10-8-11-24(18-23)36-4/h8,10-11,13-16,18,20,25H,6-7,9,12,17,19H2,1-5H3,(H,29,33)/t20-,25-/m0/s1. The highest BCUT2D eigenvalue weighted by molar-refractivity contribution is 7.92. The van der Waals surface area contributed by atoms with E-state index in [4.69, 9.17) is 16.3 Å². The molecule has 0 saturated carbocycles. The normalized spacial score (nSPS) is 12.9. The van der Waals surface area contributed by atoms with E-state index in [0.29, 0.717) is 22.9 Å². The molecule has 204 valence electrons. The van der Waals surface area contributed by atoms with Crippen molar-refractivity contribution in [3.8, 4) is 5.75 Å². The largest absolute Gasteiger partial charge is 0.497 e. The first-order valence-electron chi connectivity index (χ1n) is 12.5. The zero-order chi connectivity index (χ0) is 27.6. The number of benzene rings is 2. The second-order valence-corrected chi connectivity index (χ2v) is 11.4. The van der Waals surface area contributed by atoms with Gasteiger partial charge >= 0.3 is 0 Å². The van der Waals surface area contributed by atoms with Crippen LogP contribution in [0.3, 0.4) is 0 Å². The number of sulfonamides is 1. The molecule has 0 saturated heterocycles. The fourth-order valence-electron chi connectivity index (χ4n) is 3.92. The predicted octanol–water partition coefficient (Wildman–Crippen LogP) is 4.62. The maximum atomic E-state index is 13.5. The van der Waals surface area contributed by atoms with Crippen molar-refractivity contribution in [2.24, 2.45) is 0 Å². The van der Waals surface area contributed by atoms with E-state index >= 15 is 0 Å². The fraction of sp³-hybridized carbons (Fsp3) is 0.481. The Morgan fingerprint density at radius 3 is 2.32 bits per heavy atom. The van der Waals surface area contributed by atoms with Crippen molar-refractivity contribution in [3.05, 3.63) is 59.1 Å². The lowest BCUT2D eigenvalue weighted by Crippen LogP contribution is -2.50. The summed E-state index contributed by atoms with van der Waals surface area (Å²) in [6.45, 7) is 6.14. The number of halogens is 1. The van der Waals surface area contributed by atoms with E-state index in [0.717, 1.165) is 18.2 Å². The number of ether oxygens (including phenoxy) is 1. The molecule has 2 amide bonds. The number of nitrogens with one attached hydrogen (secondary N) is 1. The van der Waals surface area contributed by atoms with E-state index in [1.54, 1.807) is 41.3 Å². The fourth-order valence-corrected chi connectivity index (χ4v) is 5.00. The summed E-state index contributed by atoms with van der Waals surface area (Å²) >= 11 is 6.02. The zero-order valence-corrected chi connectivity index (χ0v) is 23.8. The third-order valence-corrected chi connectivity index (χ3v) is 7.59. The summed E-state index contributed by atoms with van der Waals surface area (Å²) in [5, 5.41) is 3.57. The molecule has 0 bridgehead atoms. The first kappa shape index (κ1) is 30.4. The van der Waals surface area contributed by atoms with Crippen LogP contribution < -0.4 is 14.4 Å². The van der Waals surface area contributed by atoms with Crippen LogP contribution in [0.4, 0.5) is 5.69 Å². The number of carbonyl (C=O) groups is 2.